The van der Waals surface area contributed by atoms with Crippen LogP contribution < -0.4 is 10.1 Å². The van der Waals surface area contributed by atoms with Crippen LogP contribution in [0.2, 0.25) is 0 Å². The van der Waals surface area contributed by atoms with Crippen molar-refractivity contribution in [1.29, 1.82) is 0 Å². The maximum absolute atomic E-state index is 5.45. The summed E-state index contributed by atoms with van der Waals surface area (Å²) in [5.41, 5.74) is 3.37. The molecule has 0 aliphatic rings. The van der Waals surface area contributed by atoms with Crippen LogP contribution in [0.15, 0.2) is 48.5 Å². The van der Waals surface area contributed by atoms with Gasteiger partial charge >= 0.3 is 0 Å². The van der Waals surface area contributed by atoms with E-state index in [0.717, 1.165) is 30.2 Å². The van der Waals surface area contributed by atoms with Crippen LogP contribution in [-0.2, 0) is 11.2 Å². The third-order valence-corrected chi connectivity index (χ3v) is 3.09. The molecule has 0 fully saturated rings. The molecule has 0 aliphatic heterocycles. The fourth-order valence-corrected chi connectivity index (χ4v) is 2.03. The normalized spacial score (nSPS) is 10.3. The quantitative estimate of drug-likeness (QED) is 0.772. The molecule has 0 amide bonds. The summed E-state index contributed by atoms with van der Waals surface area (Å²) in [6, 6.07) is 16.2. The van der Waals surface area contributed by atoms with Crippen LogP contribution in [0.25, 0.3) is 0 Å². The van der Waals surface area contributed by atoms with Crippen molar-refractivity contribution in [3.8, 4) is 5.75 Å². The minimum absolute atomic E-state index is 0.715. The van der Waals surface area contributed by atoms with Crippen LogP contribution in [0.4, 0.5) is 11.4 Å². The van der Waals surface area contributed by atoms with Gasteiger partial charge in [-0.2, -0.15) is 0 Å². The molecule has 0 unspecified atom stereocenters. The highest BCUT2D eigenvalue weighted by Crippen LogP contribution is 2.25. The highest BCUT2D eigenvalue weighted by molar-refractivity contribution is 5.64. The highest BCUT2D eigenvalue weighted by Gasteiger charge is 2.05. The molecule has 0 saturated carbocycles. The zero-order valence-electron chi connectivity index (χ0n) is 12.1. The summed E-state index contributed by atoms with van der Waals surface area (Å²) >= 11 is 0. The van der Waals surface area contributed by atoms with Gasteiger partial charge in [-0.15, -0.1) is 0 Å². The van der Waals surface area contributed by atoms with Crippen molar-refractivity contribution in [2.24, 2.45) is 0 Å². The summed E-state index contributed by atoms with van der Waals surface area (Å²) in [7, 11) is 1.69. The third kappa shape index (κ3) is 4.00. The Hall–Kier alpha value is -2.00. The molecule has 0 atom stereocenters. The van der Waals surface area contributed by atoms with E-state index >= 15 is 0 Å². The van der Waals surface area contributed by atoms with Crippen LogP contribution in [0.3, 0.4) is 0 Å². The summed E-state index contributed by atoms with van der Waals surface area (Å²) in [4.78, 5) is 0. The van der Waals surface area contributed by atoms with Crippen molar-refractivity contribution >= 4 is 11.4 Å². The lowest BCUT2D eigenvalue weighted by atomic mass is 10.1. The molecule has 106 valence electrons. The molecule has 0 saturated heterocycles. The fraction of sp³-hybridized carbons (Fsp3) is 0.294. The molecule has 2 aromatic carbocycles. The second-order valence-electron chi connectivity index (χ2n) is 4.46. The molecule has 0 heterocycles. The lowest BCUT2D eigenvalue weighted by Crippen LogP contribution is -2.02. The Morgan fingerprint density at radius 3 is 2.55 bits per heavy atom. The molecule has 3 heteroatoms. The van der Waals surface area contributed by atoms with Crippen LogP contribution in [0.5, 0.6) is 5.75 Å². The first-order valence-corrected chi connectivity index (χ1v) is 6.90. The SMILES string of the molecule is CCOCCc1cc(OC)ccc1Nc1ccccc1. The predicted molar refractivity (Wildman–Crippen MR) is 82.9 cm³/mol. The van der Waals surface area contributed by atoms with Crippen LogP contribution in [-0.4, -0.2) is 20.3 Å². The Morgan fingerprint density at radius 2 is 1.85 bits per heavy atom. The summed E-state index contributed by atoms with van der Waals surface area (Å²) in [6.45, 7) is 3.47. The number of methoxy groups -OCH3 is 1. The van der Waals surface area contributed by atoms with Gasteiger partial charge in [-0.3, -0.25) is 0 Å². The molecule has 0 aliphatic carbocycles. The topological polar surface area (TPSA) is 30.5 Å². The summed E-state index contributed by atoms with van der Waals surface area (Å²) in [5.74, 6) is 0.870. The van der Waals surface area contributed by atoms with Gasteiger partial charge in [0.25, 0.3) is 0 Å². The van der Waals surface area contributed by atoms with Gasteiger partial charge in [0.2, 0.25) is 0 Å². The van der Waals surface area contributed by atoms with Gasteiger partial charge in [0, 0.05) is 18.0 Å². The van der Waals surface area contributed by atoms with Crippen molar-refractivity contribution in [2.75, 3.05) is 25.6 Å². The van der Waals surface area contributed by atoms with Crippen LogP contribution >= 0.6 is 0 Å². The predicted octanol–water partition coefficient (Wildman–Crippen LogP) is 4.02. The molecular weight excluding hydrogens is 250 g/mol. The monoisotopic (exact) mass is 271 g/mol. The van der Waals surface area contributed by atoms with E-state index in [-0.39, 0.29) is 0 Å². The molecule has 20 heavy (non-hydrogen) atoms. The number of anilines is 2. The molecule has 2 aromatic rings. The third-order valence-electron chi connectivity index (χ3n) is 3.09. The largest absolute Gasteiger partial charge is 0.497 e. The van der Waals surface area contributed by atoms with Gasteiger partial charge < -0.3 is 14.8 Å². The van der Waals surface area contributed by atoms with Crippen LogP contribution in [0.1, 0.15) is 12.5 Å². The second kappa shape index (κ2) is 7.56. The van der Waals surface area contributed by atoms with Gasteiger partial charge in [0.05, 0.1) is 13.7 Å². The van der Waals surface area contributed by atoms with E-state index in [1.807, 2.05) is 37.3 Å². The summed E-state index contributed by atoms with van der Waals surface area (Å²) < 4.78 is 10.7. The van der Waals surface area contributed by atoms with Gasteiger partial charge in [0.1, 0.15) is 5.75 Å². The van der Waals surface area contributed by atoms with Crippen molar-refractivity contribution in [1.82, 2.24) is 0 Å². The Morgan fingerprint density at radius 1 is 1.05 bits per heavy atom. The van der Waals surface area contributed by atoms with Crippen molar-refractivity contribution in [3.05, 3.63) is 54.1 Å². The van der Waals surface area contributed by atoms with Crippen molar-refractivity contribution in [2.45, 2.75) is 13.3 Å². The van der Waals surface area contributed by atoms with Gasteiger partial charge in [0.15, 0.2) is 0 Å². The zero-order chi connectivity index (χ0) is 14.2. The first-order valence-electron chi connectivity index (χ1n) is 6.90. The maximum atomic E-state index is 5.45. The van der Waals surface area contributed by atoms with Gasteiger partial charge in [-0.1, -0.05) is 18.2 Å². The molecule has 0 bridgehead atoms. The Kier molecular flexibility index (Phi) is 5.44. The maximum Gasteiger partial charge on any atom is 0.119 e. The zero-order valence-corrected chi connectivity index (χ0v) is 12.1. The van der Waals surface area contributed by atoms with Crippen LogP contribution in [0, 0.1) is 0 Å². The average Bonchev–Trinajstić information content (AvgIpc) is 2.50. The van der Waals surface area contributed by atoms with E-state index in [2.05, 4.69) is 23.5 Å². The van der Waals surface area contributed by atoms with Crippen molar-refractivity contribution in [3.63, 3.8) is 0 Å². The lowest BCUT2D eigenvalue weighted by molar-refractivity contribution is 0.151. The first kappa shape index (κ1) is 14.4. The van der Waals surface area contributed by atoms with E-state index in [0.29, 0.717) is 6.61 Å². The molecule has 1 N–H and O–H groups in total. The minimum Gasteiger partial charge on any atom is -0.497 e. The molecular formula is C17H21NO2. The fourth-order valence-electron chi connectivity index (χ4n) is 2.03. The molecule has 3 nitrogen and oxygen atoms in total. The molecule has 0 radical (unpaired) electrons. The average molecular weight is 271 g/mol. The molecule has 2 rings (SSSR count). The van der Waals surface area contributed by atoms with E-state index in [4.69, 9.17) is 9.47 Å². The van der Waals surface area contributed by atoms with E-state index in [1.54, 1.807) is 7.11 Å². The second-order valence-corrected chi connectivity index (χ2v) is 4.46. The van der Waals surface area contributed by atoms with E-state index in [1.165, 1.54) is 5.56 Å². The molecule has 0 aromatic heterocycles. The Labute approximate surface area is 120 Å². The number of rotatable bonds is 7. The number of hydrogen-bond donors (Lipinski definition) is 1. The first-order chi connectivity index (χ1) is 9.83. The number of para-hydroxylation sites is 1. The highest BCUT2D eigenvalue weighted by atomic mass is 16.5. The van der Waals surface area contributed by atoms with E-state index < -0.39 is 0 Å². The summed E-state index contributed by atoms with van der Waals surface area (Å²) in [5, 5.41) is 3.44. The lowest BCUT2D eigenvalue weighted by Gasteiger charge is -2.13. The number of ether oxygens (including phenoxy) is 2. The van der Waals surface area contributed by atoms with Gasteiger partial charge in [-0.05, 0) is 49.2 Å². The number of benzene rings is 2. The summed E-state index contributed by atoms with van der Waals surface area (Å²) in [6.07, 6.45) is 0.861. The molecule has 0 spiro atoms. The van der Waals surface area contributed by atoms with Crippen molar-refractivity contribution < 1.29 is 9.47 Å². The number of nitrogens with one attached hydrogen (secondary N) is 1. The van der Waals surface area contributed by atoms with E-state index in [9.17, 15) is 0 Å². The number of hydrogen-bond acceptors (Lipinski definition) is 3. The minimum atomic E-state index is 0.715. The standard InChI is InChI=1S/C17H21NO2/c1-3-20-12-11-14-13-16(19-2)9-10-17(14)18-15-7-5-4-6-8-15/h4-10,13,18H,3,11-12H2,1-2H3. The Bertz CT molecular complexity index is 526. The smallest absolute Gasteiger partial charge is 0.119 e. The van der Waals surface area contributed by atoms with Gasteiger partial charge in [-0.25, -0.2) is 0 Å². The Balaban J connectivity index is 2.17.